The summed E-state index contributed by atoms with van der Waals surface area (Å²) in [5, 5.41) is 20.0. The van der Waals surface area contributed by atoms with Gasteiger partial charge in [-0.2, -0.15) is 5.26 Å². The van der Waals surface area contributed by atoms with E-state index in [9.17, 15) is 9.18 Å². The van der Waals surface area contributed by atoms with Gasteiger partial charge in [0.1, 0.15) is 12.4 Å². The molecule has 0 N–H and O–H groups in total. The number of halogens is 1. The quantitative estimate of drug-likeness (QED) is 0.604. The van der Waals surface area contributed by atoms with E-state index in [-0.39, 0.29) is 17.9 Å². The summed E-state index contributed by atoms with van der Waals surface area (Å²) in [6.45, 7) is -0.109. The van der Waals surface area contributed by atoms with E-state index in [0.29, 0.717) is 10.7 Å². The van der Waals surface area contributed by atoms with Crippen LogP contribution in [-0.2, 0) is 21.8 Å². The Kier molecular flexibility index (Phi) is 4.84. The molecule has 0 bridgehead atoms. The van der Waals surface area contributed by atoms with Crippen LogP contribution in [0.5, 0.6) is 0 Å². The van der Waals surface area contributed by atoms with Crippen molar-refractivity contribution in [3.63, 3.8) is 0 Å². The van der Waals surface area contributed by atoms with E-state index in [4.69, 9.17) is 5.26 Å². The zero-order valence-corrected chi connectivity index (χ0v) is 11.8. The molecule has 108 valence electrons. The lowest BCUT2D eigenvalue weighted by Gasteiger charge is -2.04. The van der Waals surface area contributed by atoms with Crippen LogP contribution in [0.3, 0.4) is 0 Å². The maximum Gasteiger partial charge on any atom is 0.327 e. The molecule has 0 aliphatic carbocycles. The van der Waals surface area contributed by atoms with E-state index >= 15 is 0 Å². The zero-order chi connectivity index (χ0) is 15.2. The largest absolute Gasteiger partial charge is 0.468 e. The number of esters is 1. The van der Waals surface area contributed by atoms with Gasteiger partial charge in [-0.1, -0.05) is 17.8 Å². The first-order valence-electron chi connectivity index (χ1n) is 5.78. The van der Waals surface area contributed by atoms with Gasteiger partial charge in [0.15, 0.2) is 0 Å². The number of hydrogen-bond acceptors (Lipinski definition) is 7. The fourth-order valence-electron chi connectivity index (χ4n) is 1.46. The molecule has 0 atom stereocenters. The number of nitriles is 1. The Balaban J connectivity index is 2.05. The third kappa shape index (κ3) is 3.76. The average Bonchev–Trinajstić information content (AvgIpc) is 2.92. The smallest absolute Gasteiger partial charge is 0.327 e. The van der Waals surface area contributed by atoms with Crippen LogP contribution in [0, 0.1) is 17.1 Å². The molecule has 2 aromatic rings. The minimum atomic E-state index is -0.478. The number of aromatic nitrogens is 4. The van der Waals surface area contributed by atoms with Gasteiger partial charge in [-0.3, -0.25) is 4.79 Å². The highest BCUT2D eigenvalue weighted by atomic mass is 32.2. The molecule has 0 aliphatic heterocycles. The number of hydrogen-bond donors (Lipinski definition) is 0. The van der Waals surface area contributed by atoms with Gasteiger partial charge in [-0.25, -0.2) is 9.07 Å². The van der Waals surface area contributed by atoms with E-state index in [2.05, 4.69) is 20.3 Å². The van der Waals surface area contributed by atoms with Crippen LogP contribution in [0.25, 0.3) is 0 Å². The second kappa shape index (κ2) is 6.81. The SMILES string of the molecule is COC(=O)Cn1nnnc1SCc1ccc(C#N)cc1F. The highest BCUT2D eigenvalue weighted by Gasteiger charge is 2.12. The third-order valence-corrected chi connectivity index (χ3v) is 3.55. The number of tetrazole rings is 1. The first-order chi connectivity index (χ1) is 10.1. The van der Waals surface area contributed by atoms with Gasteiger partial charge in [0.2, 0.25) is 5.16 Å². The van der Waals surface area contributed by atoms with Crippen molar-refractivity contribution in [2.45, 2.75) is 17.5 Å². The van der Waals surface area contributed by atoms with Crippen molar-refractivity contribution in [2.75, 3.05) is 7.11 Å². The maximum absolute atomic E-state index is 13.7. The van der Waals surface area contributed by atoms with Crippen LogP contribution in [0.4, 0.5) is 4.39 Å². The first-order valence-corrected chi connectivity index (χ1v) is 6.77. The zero-order valence-electron chi connectivity index (χ0n) is 11.0. The molecule has 0 aliphatic rings. The van der Waals surface area contributed by atoms with Gasteiger partial charge in [0.25, 0.3) is 0 Å². The lowest BCUT2D eigenvalue weighted by atomic mass is 10.1. The fourth-order valence-corrected chi connectivity index (χ4v) is 2.33. The van der Waals surface area contributed by atoms with Crippen LogP contribution >= 0.6 is 11.8 Å². The van der Waals surface area contributed by atoms with Gasteiger partial charge in [0.05, 0.1) is 18.7 Å². The normalized spacial score (nSPS) is 10.1. The molecule has 21 heavy (non-hydrogen) atoms. The summed E-state index contributed by atoms with van der Waals surface area (Å²) in [7, 11) is 1.27. The molecule has 1 heterocycles. The van der Waals surface area contributed by atoms with Crippen LogP contribution in [-0.4, -0.2) is 33.3 Å². The summed E-state index contributed by atoms with van der Waals surface area (Å²) in [5.74, 6) is -0.665. The van der Waals surface area contributed by atoms with E-state index in [1.54, 1.807) is 0 Å². The van der Waals surface area contributed by atoms with Crippen molar-refractivity contribution in [1.29, 1.82) is 5.26 Å². The maximum atomic E-state index is 13.7. The molecule has 0 fully saturated rings. The topological polar surface area (TPSA) is 93.7 Å². The third-order valence-electron chi connectivity index (χ3n) is 2.54. The second-order valence-corrected chi connectivity index (χ2v) is 4.84. The molecule has 0 saturated carbocycles. The number of rotatable bonds is 5. The Bertz CT molecular complexity index is 697. The summed E-state index contributed by atoms with van der Waals surface area (Å²) in [4.78, 5) is 11.2. The van der Waals surface area contributed by atoms with Gasteiger partial charge in [-0.05, 0) is 28.1 Å². The minimum Gasteiger partial charge on any atom is -0.468 e. The number of ether oxygens (including phenoxy) is 1. The predicted octanol–water partition coefficient (Wildman–Crippen LogP) is 1.15. The molecule has 1 aromatic carbocycles. The summed E-state index contributed by atoms with van der Waals surface area (Å²) >= 11 is 1.18. The standard InChI is InChI=1S/C12H10FN5O2S/c1-20-11(19)6-18-12(15-16-17-18)21-7-9-3-2-8(5-14)4-10(9)13/h2-4H,6-7H2,1H3. The van der Waals surface area contributed by atoms with Crippen LogP contribution < -0.4 is 0 Å². The average molecular weight is 307 g/mol. The Morgan fingerprint density at radius 1 is 1.57 bits per heavy atom. The molecule has 0 spiro atoms. The van der Waals surface area contributed by atoms with Crippen molar-refractivity contribution in [3.8, 4) is 6.07 Å². The summed E-state index contributed by atoms with van der Waals surface area (Å²) < 4.78 is 19.5. The number of thioether (sulfide) groups is 1. The van der Waals surface area contributed by atoms with Gasteiger partial charge in [-0.15, -0.1) is 5.10 Å². The number of benzene rings is 1. The van der Waals surface area contributed by atoms with Crippen molar-refractivity contribution in [3.05, 3.63) is 35.1 Å². The highest BCUT2D eigenvalue weighted by molar-refractivity contribution is 7.98. The number of carbonyl (C=O) groups excluding carboxylic acids is 1. The fraction of sp³-hybridized carbons (Fsp3) is 0.250. The van der Waals surface area contributed by atoms with Crippen LogP contribution in [0.1, 0.15) is 11.1 Å². The number of nitrogens with zero attached hydrogens (tertiary/aromatic N) is 5. The monoisotopic (exact) mass is 307 g/mol. The molecular formula is C12H10FN5O2S. The summed E-state index contributed by atoms with van der Waals surface area (Å²) in [6, 6.07) is 6.12. The number of carbonyl (C=O) groups is 1. The van der Waals surface area contributed by atoms with E-state index in [1.165, 1.54) is 41.8 Å². The lowest BCUT2D eigenvalue weighted by Crippen LogP contribution is -2.13. The van der Waals surface area contributed by atoms with Crippen molar-refractivity contribution in [2.24, 2.45) is 0 Å². The summed E-state index contributed by atoms with van der Waals surface area (Å²) in [6.07, 6.45) is 0. The molecular weight excluding hydrogens is 297 g/mol. The second-order valence-electron chi connectivity index (χ2n) is 3.90. The van der Waals surface area contributed by atoms with Crippen molar-refractivity contribution >= 4 is 17.7 Å². The predicted molar refractivity (Wildman–Crippen MR) is 70.5 cm³/mol. The lowest BCUT2D eigenvalue weighted by molar-refractivity contribution is -0.141. The molecule has 0 radical (unpaired) electrons. The van der Waals surface area contributed by atoms with Crippen molar-refractivity contribution in [1.82, 2.24) is 20.2 Å². The molecule has 7 nitrogen and oxygen atoms in total. The van der Waals surface area contributed by atoms with E-state index in [0.717, 1.165) is 0 Å². The van der Waals surface area contributed by atoms with Crippen LogP contribution in [0.2, 0.25) is 0 Å². The van der Waals surface area contributed by atoms with Crippen molar-refractivity contribution < 1.29 is 13.9 Å². The Morgan fingerprint density at radius 2 is 2.38 bits per heavy atom. The molecule has 2 rings (SSSR count). The first kappa shape index (κ1) is 14.9. The molecule has 0 saturated heterocycles. The van der Waals surface area contributed by atoms with Gasteiger partial charge in [0, 0.05) is 5.75 Å². The highest BCUT2D eigenvalue weighted by Crippen LogP contribution is 2.22. The molecule has 0 unspecified atom stereocenters. The minimum absolute atomic E-state index is 0.109. The molecule has 1 aromatic heterocycles. The molecule has 9 heteroatoms. The van der Waals surface area contributed by atoms with Gasteiger partial charge >= 0.3 is 5.97 Å². The van der Waals surface area contributed by atoms with E-state index in [1.807, 2.05) is 6.07 Å². The Morgan fingerprint density at radius 3 is 3.05 bits per heavy atom. The number of methoxy groups -OCH3 is 1. The van der Waals surface area contributed by atoms with Crippen LogP contribution in [0.15, 0.2) is 23.4 Å². The summed E-state index contributed by atoms with van der Waals surface area (Å²) in [5.41, 5.74) is 0.684. The Hall–Kier alpha value is -2.47. The Labute approximate surface area is 123 Å². The molecule has 0 amide bonds. The van der Waals surface area contributed by atoms with Gasteiger partial charge < -0.3 is 4.74 Å². The van der Waals surface area contributed by atoms with E-state index < -0.39 is 11.8 Å².